The summed E-state index contributed by atoms with van der Waals surface area (Å²) in [4.78, 5) is 0. The van der Waals surface area contributed by atoms with Gasteiger partial charge in [0.05, 0.1) is 23.0 Å². The highest BCUT2D eigenvalue weighted by molar-refractivity contribution is 9.10. The summed E-state index contributed by atoms with van der Waals surface area (Å²) in [5.41, 5.74) is 3.21. The van der Waals surface area contributed by atoms with E-state index < -0.39 is 0 Å². The molecule has 0 bridgehead atoms. The lowest BCUT2D eigenvalue weighted by molar-refractivity contribution is 0.412. The van der Waals surface area contributed by atoms with Crippen LogP contribution in [0, 0.1) is 0 Å². The molecule has 1 aliphatic heterocycles. The third kappa shape index (κ3) is 2.53. The Balaban J connectivity index is 1.87. The van der Waals surface area contributed by atoms with Crippen molar-refractivity contribution in [3.05, 3.63) is 34.4 Å². The van der Waals surface area contributed by atoms with E-state index in [1.807, 2.05) is 18.2 Å². The van der Waals surface area contributed by atoms with Gasteiger partial charge in [-0.05, 0) is 59.6 Å². The smallest absolute Gasteiger partial charge is 0.133 e. The van der Waals surface area contributed by atoms with Crippen LogP contribution in [0.2, 0.25) is 0 Å². The van der Waals surface area contributed by atoms with Crippen LogP contribution in [-0.4, -0.2) is 23.9 Å². The normalized spacial score (nSPS) is 18.7. The molecule has 5 heteroatoms. The van der Waals surface area contributed by atoms with E-state index in [0.29, 0.717) is 6.04 Å². The minimum absolute atomic E-state index is 0.419. The molecule has 0 amide bonds. The number of aromatic nitrogens is 2. The molecule has 2 aromatic rings. The second-order valence-electron chi connectivity index (χ2n) is 4.71. The fourth-order valence-corrected chi connectivity index (χ4v) is 2.98. The van der Waals surface area contributed by atoms with Crippen LogP contribution in [0.5, 0.6) is 5.75 Å². The molecule has 19 heavy (non-hydrogen) atoms. The Bertz CT molecular complexity index is 576. The van der Waals surface area contributed by atoms with Gasteiger partial charge in [-0.2, -0.15) is 5.10 Å². The van der Waals surface area contributed by atoms with Crippen molar-refractivity contribution in [3.63, 3.8) is 0 Å². The number of nitrogens with one attached hydrogen (secondary N) is 2. The number of halogens is 1. The van der Waals surface area contributed by atoms with E-state index in [-0.39, 0.29) is 0 Å². The molecule has 4 nitrogen and oxygen atoms in total. The van der Waals surface area contributed by atoms with Gasteiger partial charge in [0.1, 0.15) is 5.75 Å². The van der Waals surface area contributed by atoms with Crippen molar-refractivity contribution in [1.29, 1.82) is 0 Å². The Kier molecular flexibility index (Phi) is 3.57. The van der Waals surface area contributed by atoms with E-state index in [2.05, 4.69) is 37.5 Å². The van der Waals surface area contributed by atoms with Gasteiger partial charge in [0.25, 0.3) is 0 Å². The molecular formula is C14H16BrN3O. The van der Waals surface area contributed by atoms with Gasteiger partial charge in [-0.3, -0.25) is 5.10 Å². The van der Waals surface area contributed by atoms with Crippen LogP contribution >= 0.6 is 15.9 Å². The highest BCUT2D eigenvalue weighted by Crippen LogP contribution is 2.31. The molecule has 3 rings (SSSR count). The summed E-state index contributed by atoms with van der Waals surface area (Å²) >= 11 is 3.50. The van der Waals surface area contributed by atoms with E-state index in [1.54, 1.807) is 7.11 Å². The number of ether oxygens (including phenoxy) is 1. The zero-order valence-corrected chi connectivity index (χ0v) is 12.3. The van der Waals surface area contributed by atoms with Gasteiger partial charge in [-0.15, -0.1) is 0 Å². The second kappa shape index (κ2) is 5.35. The first-order valence-corrected chi connectivity index (χ1v) is 7.20. The van der Waals surface area contributed by atoms with E-state index >= 15 is 0 Å². The summed E-state index contributed by atoms with van der Waals surface area (Å²) in [6.45, 7) is 1.09. The Morgan fingerprint density at radius 1 is 1.37 bits per heavy atom. The number of methoxy groups -OCH3 is 1. The van der Waals surface area contributed by atoms with Crippen LogP contribution < -0.4 is 10.1 Å². The molecule has 1 aromatic carbocycles. The zero-order chi connectivity index (χ0) is 13.2. The Morgan fingerprint density at radius 3 is 2.95 bits per heavy atom. The number of hydrogen-bond donors (Lipinski definition) is 2. The lowest BCUT2D eigenvalue weighted by atomic mass is 10.1. The quantitative estimate of drug-likeness (QED) is 0.912. The molecule has 1 unspecified atom stereocenters. The highest BCUT2D eigenvalue weighted by Gasteiger charge is 2.18. The van der Waals surface area contributed by atoms with Crippen LogP contribution in [0.1, 0.15) is 24.6 Å². The molecule has 1 fully saturated rings. The molecule has 1 saturated heterocycles. The van der Waals surface area contributed by atoms with Crippen molar-refractivity contribution >= 4 is 15.9 Å². The molecule has 1 atom stereocenters. The topological polar surface area (TPSA) is 49.9 Å². The van der Waals surface area contributed by atoms with Crippen molar-refractivity contribution in [1.82, 2.24) is 15.5 Å². The minimum Gasteiger partial charge on any atom is -0.496 e. The Morgan fingerprint density at radius 2 is 2.26 bits per heavy atom. The third-order valence-corrected chi connectivity index (χ3v) is 4.10. The van der Waals surface area contributed by atoms with Gasteiger partial charge in [-0.25, -0.2) is 0 Å². The monoisotopic (exact) mass is 321 g/mol. The summed E-state index contributed by atoms with van der Waals surface area (Å²) in [6, 6.07) is 8.54. The van der Waals surface area contributed by atoms with Gasteiger partial charge in [0.2, 0.25) is 0 Å². The number of benzene rings is 1. The number of nitrogens with zero attached hydrogens (tertiary/aromatic N) is 1. The maximum Gasteiger partial charge on any atom is 0.133 e. The molecule has 1 aromatic heterocycles. The van der Waals surface area contributed by atoms with Crippen LogP contribution in [0.25, 0.3) is 11.3 Å². The molecule has 0 spiro atoms. The molecule has 0 radical (unpaired) electrons. The average Bonchev–Trinajstić information content (AvgIpc) is 3.09. The van der Waals surface area contributed by atoms with Crippen molar-refractivity contribution in [2.75, 3.05) is 13.7 Å². The van der Waals surface area contributed by atoms with Crippen molar-refractivity contribution in [3.8, 4) is 17.0 Å². The fraction of sp³-hybridized carbons (Fsp3) is 0.357. The molecule has 2 heterocycles. The van der Waals surface area contributed by atoms with E-state index in [0.717, 1.165) is 28.0 Å². The first kappa shape index (κ1) is 12.7. The number of H-pyrrole nitrogens is 1. The van der Waals surface area contributed by atoms with Crippen LogP contribution in [0.3, 0.4) is 0 Å². The van der Waals surface area contributed by atoms with Crippen molar-refractivity contribution < 1.29 is 4.74 Å². The van der Waals surface area contributed by atoms with E-state index in [1.165, 1.54) is 18.5 Å². The lowest BCUT2D eigenvalue weighted by Crippen LogP contribution is -2.12. The van der Waals surface area contributed by atoms with E-state index in [4.69, 9.17) is 4.74 Å². The third-order valence-electron chi connectivity index (χ3n) is 3.48. The van der Waals surface area contributed by atoms with Crippen molar-refractivity contribution in [2.24, 2.45) is 0 Å². The number of aromatic amines is 1. The molecule has 2 N–H and O–H groups in total. The molecule has 100 valence electrons. The predicted octanol–water partition coefficient (Wildman–Crippen LogP) is 3.27. The number of rotatable bonds is 3. The maximum atomic E-state index is 5.24. The van der Waals surface area contributed by atoms with Gasteiger partial charge < -0.3 is 10.1 Å². The second-order valence-corrected chi connectivity index (χ2v) is 5.56. The van der Waals surface area contributed by atoms with Crippen molar-refractivity contribution in [2.45, 2.75) is 18.9 Å². The van der Waals surface area contributed by atoms with Crippen LogP contribution in [0.15, 0.2) is 28.7 Å². The van der Waals surface area contributed by atoms with Crippen LogP contribution in [0.4, 0.5) is 0 Å². The minimum atomic E-state index is 0.419. The molecule has 0 aliphatic carbocycles. The first-order valence-electron chi connectivity index (χ1n) is 6.40. The summed E-state index contributed by atoms with van der Waals surface area (Å²) in [5, 5.41) is 11.0. The van der Waals surface area contributed by atoms with E-state index in [9.17, 15) is 0 Å². The Hall–Kier alpha value is -1.33. The summed E-state index contributed by atoms with van der Waals surface area (Å²) in [6.07, 6.45) is 2.40. The molecule has 0 saturated carbocycles. The summed E-state index contributed by atoms with van der Waals surface area (Å²) < 4.78 is 6.18. The van der Waals surface area contributed by atoms with Gasteiger partial charge in [0, 0.05) is 11.6 Å². The standard InChI is InChI=1S/C14H16BrN3O/c1-19-14-5-4-9(7-10(14)15)12-8-13(18-17-12)11-3-2-6-16-11/h4-5,7-8,11,16H,2-3,6H2,1H3,(H,17,18). The fourth-order valence-electron chi connectivity index (χ4n) is 2.44. The van der Waals surface area contributed by atoms with Crippen LogP contribution in [-0.2, 0) is 0 Å². The first-order chi connectivity index (χ1) is 9.28. The number of hydrogen-bond acceptors (Lipinski definition) is 3. The van der Waals surface area contributed by atoms with Gasteiger partial charge in [-0.1, -0.05) is 0 Å². The lowest BCUT2D eigenvalue weighted by Gasteiger charge is -2.05. The Labute approximate surface area is 120 Å². The zero-order valence-electron chi connectivity index (χ0n) is 10.7. The molecule has 1 aliphatic rings. The highest BCUT2D eigenvalue weighted by atomic mass is 79.9. The molecular weight excluding hydrogens is 306 g/mol. The largest absolute Gasteiger partial charge is 0.496 e. The predicted molar refractivity (Wildman–Crippen MR) is 78.3 cm³/mol. The maximum absolute atomic E-state index is 5.24. The summed E-state index contributed by atoms with van der Waals surface area (Å²) in [5.74, 6) is 0.831. The van der Waals surface area contributed by atoms with Gasteiger partial charge >= 0.3 is 0 Å². The SMILES string of the molecule is COc1ccc(-c2cc(C3CCCN3)[nH]n2)cc1Br. The van der Waals surface area contributed by atoms with Gasteiger partial charge in [0.15, 0.2) is 0 Å². The summed E-state index contributed by atoms with van der Waals surface area (Å²) in [7, 11) is 1.66. The average molecular weight is 322 g/mol.